The van der Waals surface area contributed by atoms with E-state index >= 15 is 0 Å². The monoisotopic (exact) mass is 269 g/mol. The number of hydrogen-bond acceptors (Lipinski definition) is 3. The van der Waals surface area contributed by atoms with Gasteiger partial charge in [-0.2, -0.15) is 0 Å². The number of hydrogen-bond donors (Lipinski definition) is 2. The van der Waals surface area contributed by atoms with E-state index in [1.165, 1.54) is 0 Å². The van der Waals surface area contributed by atoms with Crippen LogP contribution in [0.1, 0.15) is 6.92 Å². The average molecular weight is 270 g/mol. The second-order valence-electron chi connectivity index (χ2n) is 4.44. The molecule has 2 N–H and O–H groups in total. The molecule has 0 saturated carbocycles. The van der Waals surface area contributed by atoms with Crippen molar-refractivity contribution in [3.8, 4) is 0 Å². The summed E-state index contributed by atoms with van der Waals surface area (Å²) in [6.07, 6.45) is 0. The molecular formula is C13H20ClN3O. The predicted octanol–water partition coefficient (Wildman–Crippen LogP) is 1.34. The Morgan fingerprint density at radius 2 is 2.17 bits per heavy atom. The fourth-order valence-electron chi connectivity index (χ4n) is 2.02. The van der Waals surface area contributed by atoms with Gasteiger partial charge in [-0.1, -0.05) is 18.2 Å². The number of nitrogens with one attached hydrogen (secondary N) is 2. The third-order valence-corrected chi connectivity index (χ3v) is 3.04. The fourth-order valence-corrected chi connectivity index (χ4v) is 2.02. The predicted molar refractivity (Wildman–Crippen MR) is 76.2 cm³/mol. The Hall–Kier alpha value is -1.10. The molecule has 4 nitrogen and oxygen atoms in total. The van der Waals surface area contributed by atoms with Crippen LogP contribution in [0.4, 0.5) is 5.69 Å². The van der Waals surface area contributed by atoms with Gasteiger partial charge in [-0.3, -0.25) is 9.69 Å². The molecular weight excluding hydrogens is 250 g/mol. The molecule has 100 valence electrons. The molecule has 5 heteroatoms. The number of benzene rings is 1. The van der Waals surface area contributed by atoms with Crippen LogP contribution in [0.5, 0.6) is 0 Å². The van der Waals surface area contributed by atoms with Gasteiger partial charge >= 0.3 is 0 Å². The number of nitrogens with zero attached hydrogens (tertiary/aromatic N) is 1. The third-order valence-electron chi connectivity index (χ3n) is 3.04. The first-order valence-corrected chi connectivity index (χ1v) is 6.05. The molecule has 0 bridgehead atoms. The maximum Gasteiger partial charge on any atom is 0.238 e. The minimum atomic E-state index is 0. The number of amides is 1. The molecule has 2 rings (SSSR count). The van der Waals surface area contributed by atoms with E-state index in [0.29, 0.717) is 12.6 Å². The zero-order chi connectivity index (χ0) is 12.1. The van der Waals surface area contributed by atoms with Crippen molar-refractivity contribution in [1.29, 1.82) is 0 Å². The van der Waals surface area contributed by atoms with E-state index in [9.17, 15) is 4.79 Å². The standard InChI is InChI=1S/C13H19N3O.ClH/c1-11-9-14-7-8-16(11)10-13(17)15-12-5-3-2-4-6-12;/h2-6,11,14H,7-10H2,1H3,(H,15,17);1H. The van der Waals surface area contributed by atoms with Crippen LogP contribution in [0.2, 0.25) is 0 Å². The smallest absolute Gasteiger partial charge is 0.238 e. The lowest BCUT2D eigenvalue weighted by Gasteiger charge is -2.33. The Balaban J connectivity index is 0.00000162. The van der Waals surface area contributed by atoms with Gasteiger partial charge in [0.1, 0.15) is 0 Å². The highest BCUT2D eigenvalue weighted by atomic mass is 35.5. The first-order chi connectivity index (χ1) is 8.25. The minimum Gasteiger partial charge on any atom is -0.325 e. The van der Waals surface area contributed by atoms with Crippen molar-refractivity contribution in [1.82, 2.24) is 10.2 Å². The van der Waals surface area contributed by atoms with E-state index in [4.69, 9.17) is 0 Å². The number of carbonyl (C=O) groups is 1. The first kappa shape index (κ1) is 15.0. The Morgan fingerprint density at radius 3 is 2.83 bits per heavy atom. The molecule has 1 heterocycles. The Bertz CT molecular complexity index is 372. The molecule has 0 spiro atoms. The molecule has 1 aromatic rings. The summed E-state index contributed by atoms with van der Waals surface area (Å²) < 4.78 is 0. The molecule has 0 aliphatic carbocycles. The highest BCUT2D eigenvalue weighted by molar-refractivity contribution is 5.92. The normalized spacial score (nSPS) is 19.9. The Morgan fingerprint density at radius 1 is 1.44 bits per heavy atom. The highest BCUT2D eigenvalue weighted by Crippen LogP contribution is 2.06. The minimum absolute atomic E-state index is 0. The van der Waals surface area contributed by atoms with Gasteiger partial charge in [0.05, 0.1) is 6.54 Å². The lowest BCUT2D eigenvalue weighted by Crippen LogP contribution is -2.51. The van der Waals surface area contributed by atoms with Crippen molar-refractivity contribution in [2.75, 3.05) is 31.5 Å². The lowest BCUT2D eigenvalue weighted by molar-refractivity contribution is -0.118. The molecule has 1 fully saturated rings. The highest BCUT2D eigenvalue weighted by Gasteiger charge is 2.19. The van der Waals surface area contributed by atoms with Crippen LogP contribution >= 0.6 is 12.4 Å². The van der Waals surface area contributed by atoms with Gasteiger partial charge in [0, 0.05) is 31.4 Å². The van der Waals surface area contributed by atoms with E-state index in [0.717, 1.165) is 25.3 Å². The molecule has 1 aliphatic heterocycles. The maximum absolute atomic E-state index is 11.9. The molecule has 1 unspecified atom stereocenters. The third kappa shape index (κ3) is 4.29. The van der Waals surface area contributed by atoms with Crippen LogP contribution in [-0.4, -0.2) is 43.0 Å². The molecule has 0 aromatic heterocycles. The van der Waals surface area contributed by atoms with Crippen LogP contribution in [-0.2, 0) is 4.79 Å². The van der Waals surface area contributed by atoms with Gasteiger partial charge in [-0.05, 0) is 19.1 Å². The second kappa shape index (κ2) is 7.36. The zero-order valence-corrected chi connectivity index (χ0v) is 11.4. The average Bonchev–Trinajstić information content (AvgIpc) is 2.33. The molecule has 18 heavy (non-hydrogen) atoms. The summed E-state index contributed by atoms with van der Waals surface area (Å²) in [7, 11) is 0. The van der Waals surface area contributed by atoms with Crippen LogP contribution in [0, 0.1) is 0 Å². The summed E-state index contributed by atoms with van der Waals surface area (Å²) in [4.78, 5) is 14.1. The van der Waals surface area contributed by atoms with Crippen molar-refractivity contribution >= 4 is 24.0 Å². The van der Waals surface area contributed by atoms with Crippen LogP contribution < -0.4 is 10.6 Å². The summed E-state index contributed by atoms with van der Waals surface area (Å²) in [6.45, 7) is 5.46. The van der Waals surface area contributed by atoms with E-state index < -0.39 is 0 Å². The Labute approximate surface area is 114 Å². The molecule has 1 aromatic carbocycles. The number of para-hydroxylation sites is 1. The summed E-state index contributed by atoms with van der Waals surface area (Å²) >= 11 is 0. The van der Waals surface area contributed by atoms with Crippen LogP contribution in [0.25, 0.3) is 0 Å². The quantitative estimate of drug-likeness (QED) is 0.871. The fraction of sp³-hybridized carbons (Fsp3) is 0.462. The van der Waals surface area contributed by atoms with E-state index in [1.54, 1.807) is 0 Å². The van der Waals surface area contributed by atoms with Crippen molar-refractivity contribution in [2.45, 2.75) is 13.0 Å². The largest absolute Gasteiger partial charge is 0.325 e. The van der Waals surface area contributed by atoms with Gasteiger partial charge in [0.15, 0.2) is 0 Å². The SMILES string of the molecule is CC1CNCCN1CC(=O)Nc1ccccc1.Cl. The van der Waals surface area contributed by atoms with Crippen molar-refractivity contribution < 1.29 is 4.79 Å². The first-order valence-electron chi connectivity index (χ1n) is 6.05. The van der Waals surface area contributed by atoms with Crippen molar-refractivity contribution in [2.24, 2.45) is 0 Å². The van der Waals surface area contributed by atoms with E-state index in [1.807, 2.05) is 30.3 Å². The van der Waals surface area contributed by atoms with Gasteiger partial charge in [0.25, 0.3) is 0 Å². The van der Waals surface area contributed by atoms with E-state index in [-0.39, 0.29) is 18.3 Å². The van der Waals surface area contributed by atoms with Gasteiger partial charge < -0.3 is 10.6 Å². The van der Waals surface area contributed by atoms with Gasteiger partial charge in [0.2, 0.25) is 5.91 Å². The summed E-state index contributed by atoms with van der Waals surface area (Å²) in [5.74, 6) is 0.0601. The summed E-state index contributed by atoms with van der Waals surface area (Å²) in [5.41, 5.74) is 0.861. The maximum atomic E-state index is 11.9. The van der Waals surface area contributed by atoms with Crippen LogP contribution in [0.3, 0.4) is 0 Å². The summed E-state index contributed by atoms with van der Waals surface area (Å²) in [5, 5.41) is 6.22. The molecule has 1 aliphatic rings. The number of halogens is 1. The summed E-state index contributed by atoms with van der Waals surface area (Å²) in [6, 6.07) is 10.0. The van der Waals surface area contributed by atoms with Gasteiger partial charge in [-0.25, -0.2) is 0 Å². The van der Waals surface area contributed by atoms with Crippen molar-refractivity contribution in [3.63, 3.8) is 0 Å². The molecule has 1 saturated heterocycles. The lowest BCUT2D eigenvalue weighted by atomic mass is 10.2. The van der Waals surface area contributed by atoms with Crippen LogP contribution in [0.15, 0.2) is 30.3 Å². The molecule has 1 amide bonds. The zero-order valence-electron chi connectivity index (χ0n) is 10.6. The number of carbonyl (C=O) groups excluding carboxylic acids is 1. The topological polar surface area (TPSA) is 44.4 Å². The Kier molecular flexibility index (Phi) is 6.12. The second-order valence-corrected chi connectivity index (χ2v) is 4.44. The molecule has 1 atom stereocenters. The number of piperazine rings is 1. The van der Waals surface area contributed by atoms with Crippen molar-refractivity contribution in [3.05, 3.63) is 30.3 Å². The molecule has 0 radical (unpaired) electrons. The number of anilines is 1. The van der Waals surface area contributed by atoms with Gasteiger partial charge in [-0.15, -0.1) is 12.4 Å². The number of rotatable bonds is 3. The van der Waals surface area contributed by atoms with E-state index in [2.05, 4.69) is 22.5 Å².